The van der Waals surface area contributed by atoms with Gasteiger partial charge in [0.05, 0.1) is 6.61 Å². The van der Waals surface area contributed by atoms with Crippen LogP contribution in [0.4, 0.5) is 0 Å². The molecule has 0 bridgehead atoms. The predicted molar refractivity (Wildman–Crippen MR) is 77.9 cm³/mol. The number of esters is 1. The Bertz CT molecular complexity index is 338. The van der Waals surface area contributed by atoms with E-state index in [9.17, 15) is 4.79 Å². The van der Waals surface area contributed by atoms with Gasteiger partial charge in [0.2, 0.25) is 0 Å². The van der Waals surface area contributed by atoms with Gasteiger partial charge in [-0.05, 0) is 37.8 Å². The van der Waals surface area contributed by atoms with Crippen molar-refractivity contribution < 1.29 is 9.53 Å². The summed E-state index contributed by atoms with van der Waals surface area (Å²) in [5.74, 6) is -0.0651. The van der Waals surface area contributed by atoms with Crippen molar-refractivity contribution in [3.63, 3.8) is 0 Å². The number of carbonyl (C=O) groups excluding carboxylic acids is 1. The molecule has 0 spiro atoms. The molecular weight excluding hydrogens is 238 g/mol. The van der Waals surface area contributed by atoms with E-state index >= 15 is 0 Å². The summed E-state index contributed by atoms with van der Waals surface area (Å²) in [7, 11) is 0. The summed E-state index contributed by atoms with van der Waals surface area (Å²) in [5, 5.41) is 3.41. The van der Waals surface area contributed by atoms with Gasteiger partial charge in [0.15, 0.2) is 0 Å². The lowest BCUT2D eigenvalue weighted by atomic mass is 10.2. The van der Waals surface area contributed by atoms with Crippen LogP contribution in [-0.4, -0.2) is 19.1 Å². The molecule has 0 fully saturated rings. The van der Waals surface area contributed by atoms with Gasteiger partial charge in [-0.2, -0.15) is 0 Å². The second kappa shape index (κ2) is 10.6. The molecule has 0 unspecified atom stereocenters. The summed E-state index contributed by atoms with van der Waals surface area (Å²) in [5.41, 5.74) is 1.32. The minimum atomic E-state index is -0.0651. The second-order valence-corrected chi connectivity index (χ2v) is 4.69. The molecule has 1 rings (SSSR count). The lowest BCUT2D eigenvalue weighted by Crippen LogP contribution is -2.14. The van der Waals surface area contributed by atoms with E-state index in [0.29, 0.717) is 13.0 Å². The number of rotatable bonds is 10. The van der Waals surface area contributed by atoms with E-state index in [2.05, 4.69) is 29.6 Å². The molecule has 1 N–H and O–H groups in total. The molecule has 106 valence electrons. The number of benzene rings is 1. The van der Waals surface area contributed by atoms with Crippen LogP contribution in [-0.2, 0) is 16.1 Å². The highest BCUT2D eigenvalue weighted by molar-refractivity contribution is 5.69. The Hall–Kier alpha value is -1.35. The number of carbonyl (C=O) groups is 1. The molecule has 0 atom stereocenters. The SMILES string of the molecule is CCCC(=O)OCCCCCNCc1ccccc1. The van der Waals surface area contributed by atoms with Gasteiger partial charge in [-0.3, -0.25) is 4.79 Å². The Morgan fingerprint density at radius 1 is 1.16 bits per heavy atom. The Labute approximate surface area is 116 Å². The number of hydrogen-bond acceptors (Lipinski definition) is 3. The third-order valence-electron chi connectivity index (χ3n) is 2.89. The molecule has 0 radical (unpaired) electrons. The lowest BCUT2D eigenvalue weighted by Gasteiger charge is -2.06. The molecule has 0 saturated heterocycles. The van der Waals surface area contributed by atoms with Gasteiger partial charge in [-0.15, -0.1) is 0 Å². The van der Waals surface area contributed by atoms with E-state index in [1.54, 1.807) is 0 Å². The molecule has 0 aliphatic heterocycles. The van der Waals surface area contributed by atoms with Crippen LogP contribution in [0.3, 0.4) is 0 Å². The highest BCUT2D eigenvalue weighted by Gasteiger charge is 1.99. The van der Waals surface area contributed by atoms with Crippen molar-refractivity contribution in [1.29, 1.82) is 0 Å². The van der Waals surface area contributed by atoms with E-state index in [1.807, 2.05) is 13.0 Å². The van der Waals surface area contributed by atoms with Gasteiger partial charge in [0.1, 0.15) is 0 Å². The maximum Gasteiger partial charge on any atom is 0.305 e. The smallest absolute Gasteiger partial charge is 0.305 e. The quantitative estimate of drug-likeness (QED) is 0.520. The first-order valence-electron chi connectivity index (χ1n) is 7.23. The number of ether oxygens (including phenoxy) is 1. The van der Waals surface area contributed by atoms with Crippen LogP contribution < -0.4 is 5.32 Å². The average Bonchev–Trinajstić information content (AvgIpc) is 2.43. The van der Waals surface area contributed by atoms with Crippen LogP contribution in [0.2, 0.25) is 0 Å². The minimum Gasteiger partial charge on any atom is -0.466 e. The number of unbranched alkanes of at least 4 members (excludes halogenated alkanes) is 2. The monoisotopic (exact) mass is 263 g/mol. The molecular formula is C16H25NO2. The Balaban J connectivity index is 1.88. The average molecular weight is 263 g/mol. The molecule has 19 heavy (non-hydrogen) atoms. The Kier molecular flexibility index (Phi) is 8.73. The summed E-state index contributed by atoms with van der Waals surface area (Å²) < 4.78 is 5.10. The first-order valence-corrected chi connectivity index (χ1v) is 7.23. The van der Waals surface area contributed by atoms with Crippen molar-refractivity contribution in [2.24, 2.45) is 0 Å². The first kappa shape index (κ1) is 15.7. The van der Waals surface area contributed by atoms with Crippen molar-refractivity contribution in [2.75, 3.05) is 13.2 Å². The normalized spacial score (nSPS) is 10.4. The fourth-order valence-corrected chi connectivity index (χ4v) is 1.82. The van der Waals surface area contributed by atoms with Crippen molar-refractivity contribution in [1.82, 2.24) is 5.32 Å². The number of hydrogen-bond donors (Lipinski definition) is 1. The molecule has 3 nitrogen and oxygen atoms in total. The van der Waals surface area contributed by atoms with Gasteiger partial charge in [0.25, 0.3) is 0 Å². The van der Waals surface area contributed by atoms with Crippen LogP contribution in [0.15, 0.2) is 30.3 Å². The van der Waals surface area contributed by atoms with Gasteiger partial charge in [-0.25, -0.2) is 0 Å². The molecule has 0 amide bonds. The topological polar surface area (TPSA) is 38.3 Å². The van der Waals surface area contributed by atoms with Gasteiger partial charge in [-0.1, -0.05) is 37.3 Å². The Morgan fingerprint density at radius 3 is 2.68 bits per heavy atom. The highest BCUT2D eigenvalue weighted by atomic mass is 16.5. The van der Waals surface area contributed by atoms with Crippen molar-refractivity contribution in [2.45, 2.75) is 45.6 Å². The summed E-state index contributed by atoms with van der Waals surface area (Å²) in [4.78, 5) is 11.1. The lowest BCUT2D eigenvalue weighted by molar-refractivity contribution is -0.143. The molecule has 0 heterocycles. The van der Waals surface area contributed by atoms with Crippen LogP contribution in [0.5, 0.6) is 0 Å². The highest BCUT2D eigenvalue weighted by Crippen LogP contribution is 1.99. The van der Waals surface area contributed by atoms with E-state index in [4.69, 9.17) is 4.74 Å². The third-order valence-corrected chi connectivity index (χ3v) is 2.89. The molecule has 0 saturated carbocycles. The maximum absolute atomic E-state index is 11.1. The minimum absolute atomic E-state index is 0.0651. The van der Waals surface area contributed by atoms with E-state index in [0.717, 1.165) is 38.8 Å². The fraction of sp³-hybridized carbons (Fsp3) is 0.562. The fourth-order valence-electron chi connectivity index (χ4n) is 1.82. The van der Waals surface area contributed by atoms with Crippen molar-refractivity contribution in [3.8, 4) is 0 Å². The van der Waals surface area contributed by atoms with Crippen LogP contribution in [0, 0.1) is 0 Å². The van der Waals surface area contributed by atoms with Crippen molar-refractivity contribution >= 4 is 5.97 Å². The summed E-state index contributed by atoms with van der Waals surface area (Å²) >= 11 is 0. The predicted octanol–water partition coefficient (Wildman–Crippen LogP) is 3.29. The zero-order chi connectivity index (χ0) is 13.8. The second-order valence-electron chi connectivity index (χ2n) is 4.69. The van der Waals surface area contributed by atoms with E-state index < -0.39 is 0 Å². The third kappa shape index (κ3) is 8.38. The van der Waals surface area contributed by atoms with E-state index in [-0.39, 0.29) is 5.97 Å². The van der Waals surface area contributed by atoms with Crippen LogP contribution >= 0.6 is 0 Å². The molecule has 0 aliphatic rings. The van der Waals surface area contributed by atoms with Crippen LogP contribution in [0.1, 0.15) is 44.6 Å². The summed E-state index contributed by atoms with van der Waals surface area (Å²) in [6, 6.07) is 10.4. The molecule has 1 aromatic carbocycles. The first-order chi connectivity index (χ1) is 9.33. The molecule has 0 aromatic heterocycles. The van der Waals surface area contributed by atoms with Gasteiger partial charge >= 0.3 is 5.97 Å². The largest absolute Gasteiger partial charge is 0.466 e. The molecule has 3 heteroatoms. The zero-order valence-electron chi connectivity index (χ0n) is 11.9. The van der Waals surface area contributed by atoms with Crippen LogP contribution in [0.25, 0.3) is 0 Å². The summed E-state index contributed by atoms with van der Waals surface area (Å²) in [6.07, 6.45) is 4.59. The summed E-state index contributed by atoms with van der Waals surface area (Å²) in [6.45, 7) is 4.49. The van der Waals surface area contributed by atoms with Gasteiger partial charge < -0.3 is 10.1 Å². The van der Waals surface area contributed by atoms with E-state index in [1.165, 1.54) is 5.56 Å². The number of nitrogens with one attached hydrogen (secondary N) is 1. The Morgan fingerprint density at radius 2 is 1.95 bits per heavy atom. The van der Waals surface area contributed by atoms with Gasteiger partial charge in [0, 0.05) is 13.0 Å². The zero-order valence-corrected chi connectivity index (χ0v) is 11.9. The molecule has 1 aromatic rings. The molecule has 0 aliphatic carbocycles. The maximum atomic E-state index is 11.1. The standard InChI is InChI=1S/C16H25NO2/c1-2-9-16(18)19-13-8-4-7-12-17-14-15-10-5-3-6-11-15/h3,5-6,10-11,17H,2,4,7-9,12-14H2,1H3. The van der Waals surface area contributed by atoms with Crippen molar-refractivity contribution in [3.05, 3.63) is 35.9 Å².